The number of amides is 1. The third-order valence-corrected chi connectivity index (χ3v) is 3.65. The minimum Gasteiger partial charge on any atom is -0.393 e. The van der Waals surface area contributed by atoms with Crippen LogP contribution in [0, 0.1) is 5.92 Å². The van der Waals surface area contributed by atoms with Crippen LogP contribution in [0.2, 0.25) is 0 Å². The summed E-state index contributed by atoms with van der Waals surface area (Å²) in [5.74, 6) is 0.682. The molecule has 2 fully saturated rings. The molecule has 2 saturated carbocycles. The van der Waals surface area contributed by atoms with Crippen LogP contribution in [0.1, 0.15) is 38.5 Å². The number of hydrogen-bond donors (Lipinski definition) is 3. The van der Waals surface area contributed by atoms with Crippen molar-refractivity contribution in [3.63, 3.8) is 0 Å². The van der Waals surface area contributed by atoms with Gasteiger partial charge >= 0.3 is 0 Å². The molecule has 0 atom stereocenters. The van der Waals surface area contributed by atoms with E-state index in [9.17, 15) is 4.79 Å². The van der Waals surface area contributed by atoms with Gasteiger partial charge in [-0.25, -0.2) is 0 Å². The highest BCUT2D eigenvalue weighted by Crippen LogP contribution is 2.25. The molecule has 0 spiro atoms. The topological polar surface area (TPSA) is 61.4 Å². The molecule has 0 heterocycles. The fourth-order valence-electron chi connectivity index (χ4n) is 2.61. The minimum atomic E-state index is -0.0980. The fraction of sp³-hybridized carbons (Fsp3) is 0.917. The summed E-state index contributed by atoms with van der Waals surface area (Å²) >= 11 is 0. The maximum absolute atomic E-state index is 11.5. The second kappa shape index (κ2) is 5.64. The average molecular weight is 226 g/mol. The van der Waals surface area contributed by atoms with E-state index < -0.39 is 0 Å². The quantitative estimate of drug-likeness (QED) is 0.636. The molecule has 0 aromatic rings. The number of carbonyl (C=O) groups excluding carboxylic acids is 1. The van der Waals surface area contributed by atoms with Crippen molar-refractivity contribution in [2.45, 2.75) is 50.7 Å². The molecule has 4 nitrogen and oxygen atoms in total. The Bertz CT molecular complexity index is 233. The Balaban J connectivity index is 1.50. The lowest BCUT2D eigenvalue weighted by atomic mass is 9.82. The zero-order valence-corrected chi connectivity index (χ0v) is 9.74. The third-order valence-electron chi connectivity index (χ3n) is 3.65. The van der Waals surface area contributed by atoms with Crippen LogP contribution >= 0.6 is 0 Å². The first kappa shape index (κ1) is 11.9. The summed E-state index contributed by atoms with van der Waals surface area (Å²) in [6, 6.07) is 0.417. The second-order valence-electron chi connectivity index (χ2n) is 5.17. The molecule has 16 heavy (non-hydrogen) atoms. The molecule has 0 unspecified atom stereocenters. The Morgan fingerprint density at radius 1 is 1.25 bits per heavy atom. The molecule has 1 amide bonds. The van der Waals surface area contributed by atoms with Crippen LogP contribution in [0.25, 0.3) is 0 Å². The van der Waals surface area contributed by atoms with Crippen molar-refractivity contribution in [3.05, 3.63) is 0 Å². The van der Waals surface area contributed by atoms with Gasteiger partial charge in [0.1, 0.15) is 0 Å². The van der Waals surface area contributed by atoms with Gasteiger partial charge in [-0.05, 0) is 38.1 Å². The van der Waals surface area contributed by atoms with Crippen molar-refractivity contribution in [1.82, 2.24) is 10.6 Å². The molecule has 0 bridgehead atoms. The van der Waals surface area contributed by atoms with Crippen LogP contribution in [0.15, 0.2) is 0 Å². The molecule has 2 aliphatic rings. The van der Waals surface area contributed by atoms with Crippen molar-refractivity contribution < 1.29 is 9.90 Å². The summed E-state index contributed by atoms with van der Waals surface area (Å²) in [4.78, 5) is 11.5. The van der Waals surface area contributed by atoms with E-state index in [1.165, 1.54) is 12.8 Å². The average Bonchev–Trinajstić information content (AvgIpc) is 2.67. The Kier molecular flexibility index (Phi) is 4.18. The summed E-state index contributed by atoms with van der Waals surface area (Å²) in [5.41, 5.74) is 0. The molecular weight excluding hydrogens is 204 g/mol. The van der Waals surface area contributed by atoms with E-state index in [-0.39, 0.29) is 12.0 Å². The molecule has 3 N–H and O–H groups in total. The first-order valence-corrected chi connectivity index (χ1v) is 6.42. The highest BCUT2D eigenvalue weighted by molar-refractivity contribution is 5.78. The van der Waals surface area contributed by atoms with Gasteiger partial charge in [0.15, 0.2) is 0 Å². The SMILES string of the molecule is O=C(CNCC1CC(O)C1)NC1CCCC1. The molecule has 92 valence electrons. The summed E-state index contributed by atoms with van der Waals surface area (Å²) < 4.78 is 0. The third kappa shape index (κ3) is 3.46. The fourth-order valence-corrected chi connectivity index (χ4v) is 2.61. The van der Waals surface area contributed by atoms with Gasteiger partial charge < -0.3 is 15.7 Å². The van der Waals surface area contributed by atoms with E-state index in [1.54, 1.807) is 0 Å². The Morgan fingerprint density at radius 3 is 2.56 bits per heavy atom. The molecule has 4 heteroatoms. The molecular formula is C12H22N2O2. The lowest BCUT2D eigenvalue weighted by molar-refractivity contribution is -0.121. The van der Waals surface area contributed by atoms with Gasteiger partial charge in [-0.2, -0.15) is 0 Å². The predicted molar refractivity (Wildman–Crippen MR) is 62.0 cm³/mol. The largest absolute Gasteiger partial charge is 0.393 e. The van der Waals surface area contributed by atoms with Crippen LogP contribution in [-0.4, -0.2) is 36.2 Å². The van der Waals surface area contributed by atoms with Gasteiger partial charge in [0.25, 0.3) is 0 Å². The maximum Gasteiger partial charge on any atom is 0.234 e. The van der Waals surface area contributed by atoms with E-state index >= 15 is 0 Å². The van der Waals surface area contributed by atoms with Crippen LogP contribution in [-0.2, 0) is 4.79 Å². The summed E-state index contributed by atoms with van der Waals surface area (Å²) in [5, 5.41) is 15.3. The van der Waals surface area contributed by atoms with Crippen LogP contribution in [0.5, 0.6) is 0 Å². The van der Waals surface area contributed by atoms with Crippen molar-refractivity contribution in [2.24, 2.45) is 5.92 Å². The van der Waals surface area contributed by atoms with Crippen molar-refractivity contribution in [1.29, 1.82) is 0 Å². The summed E-state index contributed by atoms with van der Waals surface area (Å²) in [6.45, 7) is 1.28. The van der Waals surface area contributed by atoms with E-state index in [1.807, 2.05) is 0 Å². The monoisotopic (exact) mass is 226 g/mol. The molecule has 0 saturated heterocycles. The smallest absolute Gasteiger partial charge is 0.234 e. The lowest BCUT2D eigenvalue weighted by Gasteiger charge is -2.31. The van der Waals surface area contributed by atoms with Gasteiger partial charge in [-0.15, -0.1) is 0 Å². The van der Waals surface area contributed by atoms with Crippen molar-refractivity contribution in [3.8, 4) is 0 Å². The predicted octanol–water partition coefficient (Wildman–Crippen LogP) is 0.406. The standard InChI is InChI=1S/C12H22N2O2/c15-11-5-9(6-11)7-13-8-12(16)14-10-3-1-2-4-10/h9-11,13,15H,1-8H2,(H,14,16). The molecule has 0 aromatic carbocycles. The Morgan fingerprint density at radius 2 is 1.94 bits per heavy atom. The Hall–Kier alpha value is -0.610. The number of carbonyl (C=O) groups is 1. The first-order valence-electron chi connectivity index (χ1n) is 6.42. The highest BCUT2D eigenvalue weighted by Gasteiger charge is 2.26. The van der Waals surface area contributed by atoms with Gasteiger partial charge in [-0.3, -0.25) is 4.79 Å². The molecule has 2 rings (SSSR count). The highest BCUT2D eigenvalue weighted by atomic mass is 16.3. The second-order valence-corrected chi connectivity index (χ2v) is 5.17. The van der Waals surface area contributed by atoms with E-state index in [4.69, 9.17) is 5.11 Å². The number of hydrogen-bond acceptors (Lipinski definition) is 3. The number of nitrogens with one attached hydrogen (secondary N) is 2. The van der Waals surface area contributed by atoms with Gasteiger partial charge in [0.2, 0.25) is 5.91 Å². The zero-order chi connectivity index (χ0) is 11.4. The molecule has 0 aromatic heterocycles. The number of aliphatic hydroxyl groups excluding tert-OH is 1. The van der Waals surface area contributed by atoms with Gasteiger partial charge in [0, 0.05) is 6.04 Å². The van der Waals surface area contributed by atoms with E-state index in [0.29, 0.717) is 18.5 Å². The Labute approximate surface area is 96.8 Å². The maximum atomic E-state index is 11.5. The van der Waals surface area contributed by atoms with E-state index in [0.717, 1.165) is 32.2 Å². The van der Waals surface area contributed by atoms with Crippen molar-refractivity contribution in [2.75, 3.05) is 13.1 Å². The number of rotatable bonds is 5. The molecule has 0 radical (unpaired) electrons. The molecule has 0 aliphatic heterocycles. The minimum absolute atomic E-state index is 0.0980. The van der Waals surface area contributed by atoms with Crippen LogP contribution in [0.4, 0.5) is 0 Å². The number of aliphatic hydroxyl groups is 1. The van der Waals surface area contributed by atoms with Gasteiger partial charge in [0.05, 0.1) is 12.6 Å². The van der Waals surface area contributed by atoms with Crippen LogP contribution < -0.4 is 10.6 Å². The van der Waals surface area contributed by atoms with Gasteiger partial charge in [-0.1, -0.05) is 12.8 Å². The normalized spacial score (nSPS) is 30.1. The summed E-state index contributed by atoms with van der Waals surface area (Å²) in [7, 11) is 0. The first-order chi connectivity index (χ1) is 7.74. The zero-order valence-electron chi connectivity index (χ0n) is 9.74. The molecule has 2 aliphatic carbocycles. The lowest BCUT2D eigenvalue weighted by Crippen LogP contribution is -2.42. The van der Waals surface area contributed by atoms with Crippen LogP contribution in [0.3, 0.4) is 0 Å². The van der Waals surface area contributed by atoms with E-state index in [2.05, 4.69) is 10.6 Å². The summed E-state index contributed by atoms with van der Waals surface area (Å²) in [6.07, 6.45) is 6.45. The van der Waals surface area contributed by atoms with Crippen molar-refractivity contribution >= 4 is 5.91 Å².